The molecule has 2 aromatic rings. The molecule has 2 rings (SSSR count). The van der Waals surface area contributed by atoms with Crippen molar-refractivity contribution >= 4 is 17.5 Å². The molecule has 0 saturated carbocycles. The Labute approximate surface area is 133 Å². The molecule has 4 nitrogen and oxygen atoms in total. The van der Waals surface area contributed by atoms with E-state index in [0.29, 0.717) is 0 Å². The Kier molecular flexibility index (Phi) is 5.33. The van der Waals surface area contributed by atoms with Crippen LogP contribution in [0.5, 0.6) is 5.75 Å². The highest BCUT2D eigenvalue weighted by molar-refractivity contribution is 6.32. The van der Waals surface area contributed by atoms with Crippen LogP contribution in [0, 0.1) is 5.82 Å². The monoisotopic (exact) mass is 322 g/mol. The quantitative estimate of drug-likeness (QED) is 0.916. The predicted octanol–water partition coefficient (Wildman–Crippen LogP) is 3.52. The number of hydrogen-bond donors (Lipinski definition) is 1. The summed E-state index contributed by atoms with van der Waals surface area (Å²) in [5.41, 5.74) is 0.753. The number of pyridine rings is 1. The van der Waals surface area contributed by atoms with Crippen LogP contribution in [0.4, 0.5) is 4.39 Å². The van der Waals surface area contributed by atoms with Crippen LogP contribution in [-0.4, -0.2) is 17.0 Å². The minimum Gasteiger partial charge on any atom is -0.479 e. The molecule has 6 heteroatoms. The van der Waals surface area contributed by atoms with Crippen LogP contribution in [0.1, 0.15) is 25.6 Å². The number of aromatic nitrogens is 1. The Morgan fingerprint density at radius 1 is 1.32 bits per heavy atom. The molecule has 0 fully saturated rings. The molecule has 0 saturated heterocycles. The largest absolute Gasteiger partial charge is 0.479 e. The van der Waals surface area contributed by atoms with E-state index in [2.05, 4.69) is 10.3 Å². The van der Waals surface area contributed by atoms with Gasteiger partial charge in [-0.3, -0.25) is 9.78 Å². The van der Waals surface area contributed by atoms with Crippen LogP contribution >= 0.6 is 11.6 Å². The molecule has 0 aliphatic heterocycles. The summed E-state index contributed by atoms with van der Waals surface area (Å²) >= 11 is 5.87. The molecule has 0 aliphatic rings. The summed E-state index contributed by atoms with van der Waals surface area (Å²) in [7, 11) is 0. The molecule has 0 aliphatic carbocycles. The lowest BCUT2D eigenvalue weighted by molar-refractivity contribution is -0.127. The van der Waals surface area contributed by atoms with E-state index in [-0.39, 0.29) is 22.7 Å². The third kappa shape index (κ3) is 4.18. The predicted molar refractivity (Wildman–Crippen MR) is 82.3 cm³/mol. The molecule has 1 heterocycles. The van der Waals surface area contributed by atoms with Gasteiger partial charge in [0.2, 0.25) is 0 Å². The summed E-state index contributed by atoms with van der Waals surface area (Å²) in [6.45, 7) is 3.43. The zero-order valence-electron chi connectivity index (χ0n) is 12.2. The molecule has 1 N–H and O–H groups in total. The number of rotatable bonds is 5. The summed E-state index contributed by atoms with van der Waals surface area (Å²) in [4.78, 5) is 16.3. The Morgan fingerprint density at radius 3 is 2.73 bits per heavy atom. The number of nitrogens with one attached hydrogen (secondary N) is 1. The van der Waals surface area contributed by atoms with Gasteiger partial charge in [-0.2, -0.15) is 0 Å². The van der Waals surface area contributed by atoms with Crippen molar-refractivity contribution in [3.05, 3.63) is 59.1 Å². The topological polar surface area (TPSA) is 51.2 Å². The first-order chi connectivity index (χ1) is 10.5. The highest BCUT2D eigenvalue weighted by Crippen LogP contribution is 2.26. The van der Waals surface area contributed by atoms with Gasteiger partial charge in [-0.1, -0.05) is 17.7 Å². The fraction of sp³-hybridized carbons (Fsp3) is 0.250. The van der Waals surface area contributed by atoms with Gasteiger partial charge in [0.1, 0.15) is 11.6 Å². The van der Waals surface area contributed by atoms with Gasteiger partial charge < -0.3 is 10.1 Å². The lowest BCUT2D eigenvalue weighted by Gasteiger charge is -2.19. The number of benzene rings is 1. The van der Waals surface area contributed by atoms with Crippen molar-refractivity contribution in [2.45, 2.75) is 26.0 Å². The number of halogens is 2. The van der Waals surface area contributed by atoms with Crippen molar-refractivity contribution in [2.24, 2.45) is 0 Å². The number of nitrogens with zero attached hydrogens (tertiary/aromatic N) is 1. The summed E-state index contributed by atoms with van der Waals surface area (Å²) in [6.07, 6.45) is 0.894. The first-order valence-corrected chi connectivity index (χ1v) is 7.18. The van der Waals surface area contributed by atoms with E-state index >= 15 is 0 Å². The van der Waals surface area contributed by atoms with E-state index in [1.54, 1.807) is 19.2 Å². The third-order valence-corrected chi connectivity index (χ3v) is 3.35. The highest BCUT2D eigenvalue weighted by Gasteiger charge is 2.19. The van der Waals surface area contributed by atoms with Crippen molar-refractivity contribution < 1.29 is 13.9 Å². The van der Waals surface area contributed by atoms with Crippen LogP contribution < -0.4 is 10.1 Å². The maximum Gasteiger partial charge on any atom is 0.261 e. The molecular weight excluding hydrogens is 307 g/mol. The first-order valence-electron chi connectivity index (χ1n) is 6.80. The van der Waals surface area contributed by atoms with E-state index < -0.39 is 11.9 Å². The van der Waals surface area contributed by atoms with Crippen molar-refractivity contribution in [2.75, 3.05) is 0 Å². The fourth-order valence-corrected chi connectivity index (χ4v) is 2.06. The van der Waals surface area contributed by atoms with Crippen LogP contribution in [0.15, 0.2) is 42.6 Å². The van der Waals surface area contributed by atoms with Crippen molar-refractivity contribution in [3.8, 4) is 5.75 Å². The summed E-state index contributed by atoms with van der Waals surface area (Å²) in [5.74, 6) is -0.507. The summed E-state index contributed by atoms with van der Waals surface area (Å²) in [5, 5.41) is 2.93. The number of carbonyl (C=O) groups excluding carboxylic acids is 1. The van der Waals surface area contributed by atoms with Gasteiger partial charge in [-0.15, -0.1) is 0 Å². The minimum atomic E-state index is -0.769. The van der Waals surface area contributed by atoms with Gasteiger partial charge in [-0.05, 0) is 44.2 Å². The van der Waals surface area contributed by atoms with Gasteiger partial charge in [-0.25, -0.2) is 4.39 Å². The second-order valence-electron chi connectivity index (χ2n) is 4.82. The van der Waals surface area contributed by atoms with Gasteiger partial charge >= 0.3 is 0 Å². The maximum atomic E-state index is 13.0. The van der Waals surface area contributed by atoms with Crippen LogP contribution in [0.3, 0.4) is 0 Å². The Hall–Kier alpha value is -2.14. The third-order valence-electron chi connectivity index (χ3n) is 3.06. The number of ether oxygens (including phenoxy) is 1. The Morgan fingerprint density at radius 2 is 2.09 bits per heavy atom. The fourth-order valence-electron chi connectivity index (χ4n) is 1.85. The standard InChI is InChI=1S/C16H16ClFN2O2/c1-10(14-5-3-4-8-19-14)20-16(21)11(2)22-15-7-6-12(18)9-13(15)17/h3-11H,1-2H3,(H,20,21)/t10-,11+/m0/s1. The average Bonchev–Trinajstić information content (AvgIpc) is 2.50. The van der Waals surface area contributed by atoms with E-state index in [1.165, 1.54) is 12.1 Å². The molecule has 116 valence electrons. The molecule has 0 bridgehead atoms. The zero-order chi connectivity index (χ0) is 16.1. The minimum absolute atomic E-state index is 0.123. The van der Waals surface area contributed by atoms with Gasteiger partial charge in [0.05, 0.1) is 16.8 Å². The maximum absolute atomic E-state index is 13.0. The first kappa shape index (κ1) is 16.2. The number of hydrogen-bond acceptors (Lipinski definition) is 3. The molecule has 1 aromatic carbocycles. The number of carbonyl (C=O) groups is 1. The lowest BCUT2D eigenvalue weighted by Crippen LogP contribution is -2.38. The molecule has 2 atom stereocenters. The normalized spacial score (nSPS) is 13.3. The van der Waals surface area contributed by atoms with Crippen molar-refractivity contribution in [3.63, 3.8) is 0 Å². The second kappa shape index (κ2) is 7.22. The Bertz CT molecular complexity index is 652. The molecule has 0 radical (unpaired) electrons. The van der Waals surface area contributed by atoms with Crippen molar-refractivity contribution in [1.82, 2.24) is 10.3 Å². The molecular formula is C16H16ClFN2O2. The number of amides is 1. The van der Waals surface area contributed by atoms with E-state index in [0.717, 1.165) is 11.8 Å². The van der Waals surface area contributed by atoms with E-state index in [9.17, 15) is 9.18 Å². The average molecular weight is 323 g/mol. The molecule has 0 spiro atoms. The van der Waals surface area contributed by atoms with Crippen LogP contribution in [0.25, 0.3) is 0 Å². The van der Waals surface area contributed by atoms with Crippen molar-refractivity contribution in [1.29, 1.82) is 0 Å². The van der Waals surface area contributed by atoms with Gasteiger partial charge in [0.25, 0.3) is 5.91 Å². The van der Waals surface area contributed by atoms with E-state index in [4.69, 9.17) is 16.3 Å². The smallest absolute Gasteiger partial charge is 0.261 e. The zero-order valence-corrected chi connectivity index (χ0v) is 13.0. The summed E-state index contributed by atoms with van der Waals surface area (Å²) < 4.78 is 18.4. The van der Waals surface area contributed by atoms with Gasteiger partial charge in [0.15, 0.2) is 6.10 Å². The van der Waals surface area contributed by atoms with E-state index in [1.807, 2.05) is 19.1 Å². The SMILES string of the molecule is C[C@H](NC(=O)[C@@H](C)Oc1ccc(F)cc1Cl)c1ccccn1. The highest BCUT2D eigenvalue weighted by atomic mass is 35.5. The molecule has 1 amide bonds. The summed E-state index contributed by atoms with van der Waals surface area (Å²) in [6, 6.07) is 8.99. The molecule has 0 unspecified atom stereocenters. The lowest BCUT2D eigenvalue weighted by atomic mass is 10.2. The van der Waals surface area contributed by atoms with Gasteiger partial charge in [0, 0.05) is 6.20 Å². The molecule has 22 heavy (non-hydrogen) atoms. The Balaban J connectivity index is 1.97. The van der Waals surface area contributed by atoms with Crippen LogP contribution in [0.2, 0.25) is 5.02 Å². The molecule has 1 aromatic heterocycles. The second-order valence-corrected chi connectivity index (χ2v) is 5.23. The van der Waals surface area contributed by atoms with Crippen LogP contribution in [-0.2, 0) is 4.79 Å².